The van der Waals surface area contributed by atoms with Crippen LogP contribution in [0.1, 0.15) is 32.6 Å². The molecule has 1 fully saturated rings. The van der Waals surface area contributed by atoms with Crippen molar-refractivity contribution in [2.45, 2.75) is 32.6 Å². The summed E-state index contributed by atoms with van der Waals surface area (Å²) < 4.78 is 31.1. The maximum absolute atomic E-state index is 11.8. The van der Waals surface area contributed by atoms with Gasteiger partial charge >= 0.3 is 0 Å². The van der Waals surface area contributed by atoms with E-state index in [0.717, 1.165) is 38.8 Å². The Morgan fingerprint density at radius 3 is 2.78 bits per heavy atom. The molecule has 0 radical (unpaired) electrons. The zero-order chi connectivity index (χ0) is 13.5. The smallest absolute Gasteiger partial charge is 0.213 e. The fraction of sp³-hybridized carbons (Fsp3) is 1.00. The van der Waals surface area contributed by atoms with Gasteiger partial charge in [-0.3, -0.25) is 0 Å². The topological polar surface area (TPSA) is 67.4 Å². The van der Waals surface area contributed by atoms with E-state index in [-0.39, 0.29) is 17.8 Å². The molecule has 6 heteroatoms. The molecule has 0 saturated carbocycles. The highest BCUT2D eigenvalue weighted by atomic mass is 32.2. The molecule has 108 valence electrons. The predicted molar refractivity (Wildman–Crippen MR) is 73.1 cm³/mol. The molecule has 0 spiro atoms. The van der Waals surface area contributed by atoms with Crippen LogP contribution in [-0.4, -0.2) is 47.5 Å². The van der Waals surface area contributed by atoms with Crippen LogP contribution in [0.25, 0.3) is 0 Å². The normalized spacial score (nSPS) is 25.2. The molecular formula is C12H26N2O3S. The number of methoxy groups -OCH3 is 1. The highest BCUT2D eigenvalue weighted by Gasteiger charge is 2.32. The van der Waals surface area contributed by atoms with Gasteiger partial charge in [-0.15, -0.1) is 0 Å². The lowest BCUT2D eigenvalue weighted by atomic mass is 9.77. The standard InChI is InChI=1S/C12H26N2O3S/c1-3-5-12(6-4-7-13-10-12)11-14-18(15,16)9-8-17-2/h13-14H,3-11H2,1-2H3. The fourth-order valence-corrected chi connectivity index (χ4v) is 3.60. The zero-order valence-electron chi connectivity index (χ0n) is 11.5. The van der Waals surface area contributed by atoms with Gasteiger partial charge in [-0.25, -0.2) is 13.1 Å². The average Bonchev–Trinajstić information content (AvgIpc) is 2.36. The second-order valence-corrected chi connectivity index (χ2v) is 7.09. The van der Waals surface area contributed by atoms with Crippen molar-refractivity contribution in [1.82, 2.24) is 10.0 Å². The third-order valence-corrected chi connectivity index (χ3v) is 4.85. The molecule has 1 saturated heterocycles. The summed E-state index contributed by atoms with van der Waals surface area (Å²) in [5.41, 5.74) is 0.0904. The quantitative estimate of drug-likeness (QED) is 0.686. The molecule has 0 aromatic carbocycles. The second-order valence-electron chi connectivity index (χ2n) is 5.16. The second kappa shape index (κ2) is 7.43. The monoisotopic (exact) mass is 278 g/mol. The van der Waals surface area contributed by atoms with E-state index in [1.54, 1.807) is 0 Å². The number of hydrogen-bond acceptors (Lipinski definition) is 4. The van der Waals surface area contributed by atoms with Crippen LogP contribution in [0.2, 0.25) is 0 Å². The predicted octanol–water partition coefficient (Wildman–Crippen LogP) is 0.722. The highest BCUT2D eigenvalue weighted by Crippen LogP contribution is 2.30. The highest BCUT2D eigenvalue weighted by molar-refractivity contribution is 7.89. The molecule has 1 aliphatic rings. The number of nitrogens with one attached hydrogen (secondary N) is 2. The van der Waals surface area contributed by atoms with Crippen LogP contribution in [0.5, 0.6) is 0 Å². The molecule has 18 heavy (non-hydrogen) atoms. The maximum atomic E-state index is 11.8. The van der Waals surface area contributed by atoms with Crippen LogP contribution in [0.15, 0.2) is 0 Å². The van der Waals surface area contributed by atoms with E-state index in [1.807, 2.05) is 0 Å². The van der Waals surface area contributed by atoms with Crippen molar-refractivity contribution >= 4 is 10.0 Å². The summed E-state index contributed by atoms with van der Waals surface area (Å²) in [6.45, 7) is 4.89. The van der Waals surface area contributed by atoms with Gasteiger partial charge in [0.05, 0.1) is 12.4 Å². The Hall–Kier alpha value is -0.170. The minimum Gasteiger partial charge on any atom is -0.384 e. The first kappa shape index (κ1) is 15.9. The van der Waals surface area contributed by atoms with Gasteiger partial charge in [0.1, 0.15) is 0 Å². The molecule has 5 nitrogen and oxygen atoms in total. The van der Waals surface area contributed by atoms with E-state index in [9.17, 15) is 8.42 Å². The van der Waals surface area contributed by atoms with Crippen molar-refractivity contribution in [3.63, 3.8) is 0 Å². The first-order chi connectivity index (χ1) is 8.54. The first-order valence-corrected chi connectivity index (χ1v) is 8.36. The summed E-state index contributed by atoms with van der Waals surface area (Å²) in [4.78, 5) is 0. The molecule has 1 unspecified atom stereocenters. The summed E-state index contributed by atoms with van der Waals surface area (Å²) in [6, 6.07) is 0. The Bertz CT molecular complexity index is 319. The number of hydrogen-bond donors (Lipinski definition) is 2. The Morgan fingerprint density at radius 1 is 1.44 bits per heavy atom. The lowest BCUT2D eigenvalue weighted by Crippen LogP contribution is -2.48. The van der Waals surface area contributed by atoms with Crippen molar-refractivity contribution in [3.8, 4) is 0 Å². The molecule has 1 aliphatic heterocycles. The van der Waals surface area contributed by atoms with Crippen molar-refractivity contribution < 1.29 is 13.2 Å². The summed E-state index contributed by atoms with van der Waals surface area (Å²) in [5.74, 6) is 0.0408. The zero-order valence-corrected chi connectivity index (χ0v) is 12.3. The van der Waals surface area contributed by atoms with Crippen LogP contribution in [0.4, 0.5) is 0 Å². The van der Waals surface area contributed by atoms with E-state index >= 15 is 0 Å². The van der Waals surface area contributed by atoms with E-state index < -0.39 is 10.0 Å². The molecule has 0 aliphatic carbocycles. The third kappa shape index (κ3) is 5.22. The molecule has 1 rings (SSSR count). The Balaban J connectivity index is 2.51. The summed E-state index contributed by atoms with van der Waals surface area (Å²) in [6.07, 6.45) is 4.37. The van der Waals surface area contributed by atoms with Crippen molar-refractivity contribution in [2.75, 3.05) is 39.1 Å². The average molecular weight is 278 g/mol. The summed E-state index contributed by atoms with van der Waals surface area (Å²) in [7, 11) is -1.69. The summed E-state index contributed by atoms with van der Waals surface area (Å²) in [5, 5.41) is 3.38. The van der Waals surface area contributed by atoms with Gasteiger partial charge in [-0.1, -0.05) is 13.3 Å². The summed E-state index contributed by atoms with van der Waals surface area (Å²) >= 11 is 0. The van der Waals surface area contributed by atoms with Gasteiger partial charge in [-0.05, 0) is 31.2 Å². The van der Waals surface area contributed by atoms with E-state index in [4.69, 9.17) is 4.74 Å². The Kier molecular flexibility index (Phi) is 6.55. The minimum absolute atomic E-state index is 0.0408. The molecule has 1 heterocycles. The van der Waals surface area contributed by atoms with E-state index in [1.165, 1.54) is 7.11 Å². The van der Waals surface area contributed by atoms with Crippen LogP contribution in [-0.2, 0) is 14.8 Å². The Morgan fingerprint density at radius 2 is 2.22 bits per heavy atom. The molecule has 0 aromatic heterocycles. The van der Waals surface area contributed by atoms with Crippen LogP contribution in [0.3, 0.4) is 0 Å². The van der Waals surface area contributed by atoms with E-state index in [0.29, 0.717) is 6.54 Å². The number of rotatable bonds is 8. The van der Waals surface area contributed by atoms with Crippen LogP contribution in [0, 0.1) is 5.41 Å². The minimum atomic E-state index is -3.20. The van der Waals surface area contributed by atoms with E-state index in [2.05, 4.69) is 17.0 Å². The SMILES string of the molecule is CCCC1(CNS(=O)(=O)CCOC)CCCNC1. The van der Waals surface area contributed by atoms with Gasteiger partial charge in [0.25, 0.3) is 0 Å². The maximum Gasteiger partial charge on any atom is 0.213 e. The van der Waals surface area contributed by atoms with Crippen molar-refractivity contribution in [1.29, 1.82) is 0 Å². The number of piperidine rings is 1. The first-order valence-electron chi connectivity index (χ1n) is 6.71. The lowest BCUT2D eigenvalue weighted by Gasteiger charge is -2.37. The molecule has 0 aromatic rings. The molecule has 0 amide bonds. The number of sulfonamides is 1. The van der Waals surface area contributed by atoms with Crippen LogP contribution >= 0.6 is 0 Å². The lowest BCUT2D eigenvalue weighted by molar-refractivity contribution is 0.192. The number of ether oxygens (including phenoxy) is 1. The molecule has 0 bridgehead atoms. The Labute approximate surface area is 111 Å². The van der Waals surface area contributed by atoms with Crippen molar-refractivity contribution in [2.24, 2.45) is 5.41 Å². The molecular weight excluding hydrogens is 252 g/mol. The molecule has 1 atom stereocenters. The molecule has 2 N–H and O–H groups in total. The fourth-order valence-electron chi connectivity index (χ4n) is 2.54. The van der Waals surface area contributed by atoms with Gasteiger partial charge in [-0.2, -0.15) is 0 Å². The third-order valence-electron chi connectivity index (χ3n) is 3.56. The van der Waals surface area contributed by atoms with Crippen LogP contribution < -0.4 is 10.0 Å². The van der Waals surface area contributed by atoms with Gasteiger partial charge in [0.2, 0.25) is 10.0 Å². The van der Waals surface area contributed by atoms with Gasteiger partial charge in [0.15, 0.2) is 0 Å². The van der Waals surface area contributed by atoms with Crippen molar-refractivity contribution in [3.05, 3.63) is 0 Å². The largest absolute Gasteiger partial charge is 0.384 e. The van der Waals surface area contributed by atoms with Gasteiger partial charge in [0, 0.05) is 20.2 Å². The van der Waals surface area contributed by atoms with Gasteiger partial charge < -0.3 is 10.1 Å².